The number of nitrogens with one attached hydrogen (secondary N) is 1. The Balaban J connectivity index is 1.47. The highest BCUT2D eigenvalue weighted by atomic mass is 35.5. The Bertz CT molecular complexity index is 1650. The van der Waals surface area contributed by atoms with Gasteiger partial charge in [0.1, 0.15) is 17.0 Å². The number of carbonyl (C=O) groups is 3. The van der Waals surface area contributed by atoms with Gasteiger partial charge in [0.05, 0.1) is 39.5 Å². The summed E-state index contributed by atoms with van der Waals surface area (Å²) >= 11 is 14.7. The van der Waals surface area contributed by atoms with Gasteiger partial charge in [-0.2, -0.15) is 0 Å². The maximum absolute atomic E-state index is 14.9. The smallest absolute Gasteiger partial charge is 0.413 e. The van der Waals surface area contributed by atoms with Gasteiger partial charge in [0.2, 0.25) is 0 Å². The highest BCUT2D eigenvalue weighted by Gasteiger charge is 2.38. The van der Waals surface area contributed by atoms with E-state index in [1.807, 2.05) is 0 Å². The molecule has 2 aliphatic rings. The van der Waals surface area contributed by atoms with Gasteiger partial charge in [-0.1, -0.05) is 34.5 Å². The molecule has 0 saturated carbocycles. The van der Waals surface area contributed by atoms with E-state index in [-0.39, 0.29) is 63.2 Å². The van der Waals surface area contributed by atoms with Crippen LogP contribution in [0.3, 0.4) is 0 Å². The minimum Gasteiger partial charge on any atom is -0.444 e. The van der Waals surface area contributed by atoms with Crippen molar-refractivity contribution in [3.8, 4) is 11.1 Å². The van der Waals surface area contributed by atoms with Gasteiger partial charge in [0.15, 0.2) is 5.13 Å². The van der Waals surface area contributed by atoms with Gasteiger partial charge in [0.25, 0.3) is 5.91 Å². The summed E-state index contributed by atoms with van der Waals surface area (Å²) in [5, 5.41) is 3.02. The number of nitrogens with zero attached hydrogens (tertiary/aromatic N) is 3. The topological polar surface area (TPSA) is 110 Å². The van der Waals surface area contributed by atoms with Crippen LogP contribution in [0.2, 0.25) is 10.0 Å². The third-order valence-electron chi connectivity index (χ3n) is 6.87. The third-order valence-corrected chi connectivity index (χ3v) is 8.57. The molecule has 2 aromatic carbocycles. The lowest BCUT2D eigenvalue weighted by atomic mass is 9.96. The van der Waals surface area contributed by atoms with Crippen molar-refractivity contribution >= 4 is 68.0 Å². The Labute approximate surface area is 268 Å². The average molecular weight is 668 g/mol. The molecule has 44 heavy (non-hydrogen) atoms. The predicted molar refractivity (Wildman–Crippen MR) is 167 cm³/mol. The van der Waals surface area contributed by atoms with Crippen molar-refractivity contribution in [1.29, 1.82) is 0 Å². The van der Waals surface area contributed by atoms with Gasteiger partial charge in [-0.15, -0.1) is 0 Å². The van der Waals surface area contributed by atoms with E-state index in [1.165, 1.54) is 18.2 Å². The van der Waals surface area contributed by atoms with Crippen molar-refractivity contribution in [3.63, 3.8) is 0 Å². The number of aromatic nitrogens is 1. The molecule has 2 aliphatic heterocycles. The molecule has 3 amide bonds. The summed E-state index contributed by atoms with van der Waals surface area (Å²) in [4.78, 5) is 46.6. The predicted octanol–water partition coefficient (Wildman–Crippen LogP) is 7.35. The highest BCUT2D eigenvalue weighted by molar-refractivity contribution is 7.22. The maximum Gasteiger partial charge on any atom is 0.413 e. The SMILES string of the molecule is CC(C)(C)OC(=O)Nc1nc2c(-c3c(Cl)cc4c(c3Cl)COC[C@H]3CN(C(=O)OC(C)(C)C)CCN3C4=O)ccc(F)c2s1. The Kier molecular flexibility index (Phi) is 8.75. The van der Waals surface area contributed by atoms with Crippen LogP contribution in [0.25, 0.3) is 21.3 Å². The fourth-order valence-corrected chi connectivity index (χ4v) is 6.67. The molecule has 10 nitrogen and oxygen atoms in total. The van der Waals surface area contributed by atoms with E-state index in [0.29, 0.717) is 23.2 Å². The Morgan fingerprint density at radius 1 is 1.09 bits per heavy atom. The number of carbonyl (C=O) groups excluding carboxylic acids is 3. The fourth-order valence-electron chi connectivity index (χ4n) is 5.07. The Morgan fingerprint density at radius 3 is 2.48 bits per heavy atom. The first-order chi connectivity index (χ1) is 20.5. The minimum absolute atomic E-state index is 0.00764. The summed E-state index contributed by atoms with van der Waals surface area (Å²) in [5.74, 6) is -0.818. The second kappa shape index (κ2) is 12.0. The summed E-state index contributed by atoms with van der Waals surface area (Å²) in [5.41, 5.74) is 0.356. The summed E-state index contributed by atoms with van der Waals surface area (Å²) in [7, 11) is 0. The summed E-state index contributed by atoms with van der Waals surface area (Å²) in [6.45, 7) is 11.6. The molecular formula is C30H33Cl2FN4O6S. The zero-order chi connectivity index (χ0) is 32.1. The average Bonchev–Trinajstić information content (AvgIpc) is 3.32. The molecule has 1 N–H and O–H groups in total. The summed E-state index contributed by atoms with van der Waals surface area (Å²) < 4.78 is 31.9. The quantitative estimate of drug-likeness (QED) is 0.304. The van der Waals surface area contributed by atoms with Gasteiger partial charge in [-0.25, -0.2) is 19.0 Å². The number of ether oxygens (including phenoxy) is 3. The minimum atomic E-state index is -0.732. The second-order valence-corrected chi connectivity index (χ2v) is 14.4. The van der Waals surface area contributed by atoms with Crippen molar-refractivity contribution < 1.29 is 33.0 Å². The van der Waals surface area contributed by atoms with Crippen molar-refractivity contribution in [1.82, 2.24) is 14.8 Å². The Morgan fingerprint density at radius 2 is 1.80 bits per heavy atom. The van der Waals surface area contributed by atoms with Crippen LogP contribution in [0.1, 0.15) is 57.5 Å². The van der Waals surface area contributed by atoms with Crippen LogP contribution in [-0.4, -0.2) is 76.4 Å². The molecule has 1 saturated heterocycles. The number of rotatable bonds is 2. The lowest BCUT2D eigenvalue weighted by molar-refractivity contribution is -0.0158. The van der Waals surface area contributed by atoms with Crippen molar-refractivity contribution in [2.75, 3.05) is 31.6 Å². The summed E-state index contributed by atoms with van der Waals surface area (Å²) in [6, 6.07) is 3.92. The monoisotopic (exact) mass is 666 g/mol. The van der Waals surface area contributed by atoms with Crippen LogP contribution in [-0.2, 0) is 20.8 Å². The number of hydrogen-bond donors (Lipinski definition) is 1. The number of thiazole rings is 1. The molecule has 236 valence electrons. The van der Waals surface area contributed by atoms with Gasteiger partial charge in [-0.05, 0) is 59.7 Å². The molecule has 1 atom stereocenters. The zero-order valence-corrected chi connectivity index (χ0v) is 27.5. The fraction of sp³-hybridized carbons (Fsp3) is 0.467. The number of fused-ring (bicyclic) bond motifs is 3. The maximum atomic E-state index is 14.9. The third kappa shape index (κ3) is 6.73. The first kappa shape index (κ1) is 32.2. The molecule has 0 unspecified atom stereocenters. The first-order valence-corrected chi connectivity index (χ1v) is 15.6. The van der Waals surface area contributed by atoms with E-state index in [0.717, 1.165) is 11.3 Å². The van der Waals surface area contributed by atoms with Crippen LogP contribution in [0, 0.1) is 5.82 Å². The number of amides is 3. The van der Waals surface area contributed by atoms with Crippen LogP contribution in [0.15, 0.2) is 18.2 Å². The van der Waals surface area contributed by atoms with Crippen LogP contribution < -0.4 is 5.32 Å². The first-order valence-electron chi connectivity index (χ1n) is 14.0. The molecule has 1 aromatic heterocycles. The molecule has 1 fully saturated rings. The molecule has 0 spiro atoms. The van der Waals surface area contributed by atoms with E-state index < -0.39 is 35.2 Å². The number of benzene rings is 2. The van der Waals surface area contributed by atoms with Gasteiger partial charge < -0.3 is 24.0 Å². The van der Waals surface area contributed by atoms with Gasteiger partial charge >= 0.3 is 12.2 Å². The number of piperazine rings is 1. The van der Waals surface area contributed by atoms with E-state index in [1.54, 1.807) is 51.3 Å². The largest absolute Gasteiger partial charge is 0.444 e. The van der Waals surface area contributed by atoms with Gasteiger partial charge in [0, 0.05) is 41.9 Å². The van der Waals surface area contributed by atoms with E-state index in [2.05, 4.69) is 10.3 Å². The molecule has 14 heteroatoms. The van der Waals surface area contributed by atoms with Crippen LogP contribution in [0.5, 0.6) is 0 Å². The van der Waals surface area contributed by atoms with Crippen molar-refractivity contribution in [3.05, 3.63) is 45.2 Å². The van der Waals surface area contributed by atoms with Crippen LogP contribution in [0.4, 0.5) is 19.1 Å². The summed E-state index contributed by atoms with van der Waals surface area (Å²) in [6.07, 6.45) is -1.17. The van der Waals surface area contributed by atoms with E-state index in [4.69, 9.17) is 37.4 Å². The molecule has 5 rings (SSSR count). The standard InChI is InChI=1S/C30H33Cl2FN4O6S/c1-29(2,3)42-27(39)35-26-34-23-16(7-8-20(33)24(23)44-26)21-19(31)11-17-18(22(21)32)14-41-13-15-12-36(9-10-37(15)25(17)38)28(40)43-30(4,5)6/h7-8,11,15H,9-10,12-14H2,1-6H3,(H,34,35,39)/t15-/m1/s1. The normalized spacial score (nSPS) is 17.5. The number of hydrogen-bond acceptors (Lipinski definition) is 8. The Hall–Kier alpha value is -3.19. The molecule has 3 aromatic rings. The number of halogens is 3. The number of anilines is 1. The van der Waals surface area contributed by atoms with Crippen LogP contribution >= 0.6 is 34.5 Å². The lowest BCUT2D eigenvalue weighted by Crippen LogP contribution is -2.59. The second-order valence-electron chi connectivity index (χ2n) is 12.6. The van der Waals surface area contributed by atoms with Crippen molar-refractivity contribution in [2.45, 2.75) is 65.4 Å². The van der Waals surface area contributed by atoms with E-state index >= 15 is 0 Å². The molecule has 0 aliphatic carbocycles. The zero-order valence-electron chi connectivity index (χ0n) is 25.2. The highest BCUT2D eigenvalue weighted by Crippen LogP contribution is 2.44. The van der Waals surface area contributed by atoms with Gasteiger partial charge in [-0.3, -0.25) is 10.1 Å². The van der Waals surface area contributed by atoms with Crippen molar-refractivity contribution in [2.24, 2.45) is 0 Å². The van der Waals surface area contributed by atoms with E-state index in [9.17, 15) is 18.8 Å². The molecule has 3 heterocycles. The molecule has 0 radical (unpaired) electrons. The molecular weight excluding hydrogens is 634 g/mol. The molecule has 0 bridgehead atoms. The lowest BCUT2D eigenvalue weighted by Gasteiger charge is -2.42.